The van der Waals surface area contributed by atoms with Crippen molar-refractivity contribution >= 4 is 17.3 Å². The molecule has 1 aliphatic rings. The van der Waals surface area contributed by atoms with Crippen LogP contribution in [0.15, 0.2) is 41.5 Å². The molecule has 1 fully saturated rings. The van der Waals surface area contributed by atoms with Crippen molar-refractivity contribution in [3.05, 3.63) is 69.1 Å². The summed E-state index contributed by atoms with van der Waals surface area (Å²) in [4.78, 5) is 19.5. The fraction of sp³-hybridized carbons (Fsp3) is 0.435. The predicted octanol–water partition coefficient (Wildman–Crippen LogP) is 5.73. The van der Waals surface area contributed by atoms with Crippen LogP contribution in [-0.2, 0) is 12.7 Å². The number of likely N-dealkylation sites (tertiary alicyclic amines) is 1. The van der Waals surface area contributed by atoms with Crippen LogP contribution in [0.2, 0.25) is 0 Å². The summed E-state index contributed by atoms with van der Waals surface area (Å²) < 4.78 is 41.4. The summed E-state index contributed by atoms with van der Waals surface area (Å²) in [5.41, 5.74) is 9.27. The normalized spacial score (nSPS) is 15.4. The first kappa shape index (κ1) is 24.6. The van der Waals surface area contributed by atoms with Crippen molar-refractivity contribution in [1.82, 2.24) is 9.80 Å². The van der Waals surface area contributed by atoms with Gasteiger partial charge in [-0.05, 0) is 87.9 Å². The van der Waals surface area contributed by atoms with Gasteiger partial charge in [-0.25, -0.2) is 0 Å². The molecule has 0 aromatic heterocycles. The number of nitrogens with zero attached hydrogens (tertiary/aromatic N) is 5. The number of anilines is 1. The average molecular weight is 461 g/mol. The third-order valence-electron chi connectivity index (χ3n) is 5.98. The zero-order valence-electron chi connectivity index (χ0n) is 18.9. The minimum absolute atomic E-state index is 0.0494. The van der Waals surface area contributed by atoms with E-state index in [1.54, 1.807) is 13.0 Å². The van der Waals surface area contributed by atoms with Crippen LogP contribution in [-0.4, -0.2) is 48.9 Å². The number of hydrogen-bond donors (Lipinski definition) is 1. The molecule has 0 bridgehead atoms. The number of carbonyl (C=O) groups excluding carboxylic acids is 1. The van der Waals surface area contributed by atoms with Crippen molar-refractivity contribution in [1.29, 1.82) is 0 Å². The average Bonchev–Trinajstić information content (AvgIpc) is 2.76. The molecule has 0 atom stereocenters. The number of aryl methyl sites for hydroxylation is 1. The van der Waals surface area contributed by atoms with Gasteiger partial charge in [0.05, 0.1) is 5.56 Å². The summed E-state index contributed by atoms with van der Waals surface area (Å²) in [7, 11) is 4.03. The third-order valence-corrected chi connectivity index (χ3v) is 5.98. The zero-order chi connectivity index (χ0) is 24.2. The molecule has 3 rings (SSSR count). The van der Waals surface area contributed by atoms with Crippen LogP contribution in [0.5, 0.6) is 0 Å². The van der Waals surface area contributed by atoms with Crippen molar-refractivity contribution in [2.45, 2.75) is 38.5 Å². The van der Waals surface area contributed by atoms with E-state index in [1.165, 1.54) is 24.3 Å². The Balaban J connectivity index is 1.77. The topological polar surface area (TPSA) is 84.3 Å². The minimum Gasteiger partial charge on any atom is -0.322 e. The molecule has 1 aliphatic heterocycles. The molecular weight excluding hydrogens is 433 g/mol. The van der Waals surface area contributed by atoms with E-state index in [2.05, 4.69) is 20.2 Å². The molecule has 7 nitrogen and oxygen atoms in total. The molecule has 10 heteroatoms. The lowest BCUT2D eigenvalue weighted by Crippen LogP contribution is -2.41. The van der Waals surface area contributed by atoms with Crippen LogP contribution < -0.4 is 5.32 Å². The molecule has 0 unspecified atom stereocenters. The van der Waals surface area contributed by atoms with Crippen LogP contribution in [0.25, 0.3) is 10.4 Å². The number of halogens is 3. The highest BCUT2D eigenvalue weighted by Crippen LogP contribution is 2.35. The summed E-state index contributed by atoms with van der Waals surface area (Å²) in [6.45, 7) is 3.40. The quantitative estimate of drug-likeness (QED) is 0.339. The van der Waals surface area contributed by atoms with Crippen molar-refractivity contribution in [3.8, 4) is 0 Å². The van der Waals surface area contributed by atoms with Crippen LogP contribution in [0.3, 0.4) is 0 Å². The Kier molecular flexibility index (Phi) is 7.63. The Labute approximate surface area is 190 Å². The lowest BCUT2D eigenvalue weighted by molar-refractivity contribution is -0.138. The number of alkyl halides is 3. The number of nitrogens with one attached hydrogen (secondary N) is 1. The van der Waals surface area contributed by atoms with Crippen molar-refractivity contribution in [2.75, 3.05) is 32.5 Å². The van der Waals surface area contributed by atoms with E-state index in [1.807, 2.05) is 19.0 Å². The number of hydrogen-bond acceptors (Lipinski definition) is 4. The van der Waals surface area contributed by atoms with Gasteiger partial charge in [-0.15, -0.1) is 0 Å². The van der Waals surface area contributed by atoms with Gasteiger partial charge in [-0.3, -0.25) is 9.69 Å². The Hall–Kier alpha value is -3.07. The smallest absolute Gasteiger partial charge is 0.322 e. The van der Waals surface area contributed by atoms with E-state index in [0.29, 0.717) is 11.6 Å². The standard InChI is InChI=1S/C23H27F3N6O/c1-15-4-5-16(12-21(15)29-30-27)22(33)28-18-7-6-17(20(13-18)23(24,25)26)14-32-10-8-19(9-11-32)31(2)3/h4-7,12-13,19H,8-11,14H2,1-3H3,(H,28,33). The molecule has 176 valence electrons. The SMILES string of the molecule is Cc1ccc(C(=O)Nc2ccc(CN3CCC(N(C)C)CC3)c(C(F)(F)F)c2)cc1N=[N+]=[N-]. The van der Waals surface area contributed by atoms with E-state index < -0.39 is 17.6 Å². The van der Waals surface area contributed by atoms with Crippen LogP contribution in [0.4, 0.5) is 24.5 Å². The number of carbonyl (C=O) groups is 1. The maximum Gasteiger partial charge on any atom is 0.416 e. The molecule has 1 amide bonds. The summed E-state index contributed by atoms with van der Waals surface area (Å²) in [6.07, 6.45) is -2.72. The summed E-state index contributed by atoms with van der Waals surface area (Å²) >= 11 is 0. The fourth-order valence-corrected chi connectivity index (χ4v) is 4.00. The molecule has 33 heavy (non-hydrogen) atoms. The number of rotatable bonds is 6. The number of amides is 1. The molecule has 0 aliphatic carbocycles. The lowest BCUT2D eigenvalue weighted by atomic mass is 10.0. The van der Waals surface area contributed by atoms with Crippen molar-refractivity contribution in [2.24, 2.45) is 5.11 Å². The largest absolute Gasteiger partial charge is 0.416 e. The van der Waals surface area contributed by atoms with Gasteiger partial charge in [0.25, 0.3) is 5.91 Å². The maximum atomic E-state index is 13.8. The van der Waals surface area contributed by atoms with E-state index >= 15 is 0 Å². The highest BCUT2D eigenvalue weighted by atomic mass is 19.4. The van der Waals surface area contributed by atoms with Crippen molar-refractivity contribution < 1.29 is 18.0 Å². The molecule has 2 aromatic carbocycles. The second kappa shape index (κ2) is 10.2. The molecule has 0 radical (unpaired) electrons. The monoisotopic (exact) mass is 460 g/mol. The van der Waals surface area contributed by atoms with Gasteiger partial charge in [0.15, 0.2) is 0 Å². The third kappa shape index (κ3) is 6.25. The van der Waals surface area contributed by atoms with Crippen LogP contribution >= 0.6 is 0 Å². The van der Waals surface area contributed by atoms with Crippen LogP contribution in [0, 0.1) is 6.92 Å². The fourth-order valence-electron chi connectivity index (χ4n) is 4.00. The van der Waals surface area contributed by atoms with Gasteiger partial charge >= 0.3 is 6.18 Å². The van der Waals surface area contributed by atoms with Gasteiger partial charge in [-0.2, -0.15) is 13.2 Å². The first-order valence-electron chi connectivity index (χ1n) is 10.6. The Morgan fingerprint density at radius 2 is 1.91 bits per heavy atom. The summed E-state index contributed by atoms with van der Waals surface area (Å²) in [5.74, 6) is -0.587. The number of benzene rings is 2. The number of azide groups is 1. The molecule has 0 saturated carbocycles. The Morgan fingerprint density at radius 1 is 1.21 bits per heavy atom. The first-order chi connectivity index (χ1) is 15.6. The van der Waals surface area contributed by atoms with Crippen LogP contribution in [0.1, 0.15) is 39.9 Å². The first-order valence-corrected chi connectivity index (χ1v) is 10.6. The zero-order valence-corrected chi connectivity index (χ0v) is 18.9. The second-order valence-electron chi connectivity index (χ2n) is 8.49. The maximum absolute atomic E-state index is 13.8. The highest BCUT2D eigenvalue weighted by molar-refractivity contribution is 6.04. The van der Waals surface area contributed by atoms with Gasteiger partial charge in [0, 0.05) is 34.4 Å². The van der Waals surface area contributed by atoms with E-state index in [4.69, 9.17) is 5.53 Å². The van der Waals surface area contributed by atoms with E-state index in [-0.39, 0.29) is 29.0 Å². The van der Waals surface area contributed by atoms with Crippen molar-refractivity contribution in [3.63, 3.8) is 0 Å². The Bertz CT molecular complexity index is 1050. The second-order valence-corrected chi connectivity index (χ2v) is 8.49. The molecule has 0 spiro atoms. The van der Waals surface area contributed by atoms with Gasteiger partial charge < -0.3 is 10.2 Å². The van der Waals surface area contributed by atoms with Gasteiger partial charge in [0.1, 0.15) is 0 Å². The van der Waals surface area contributed by atoms with Gasteiger partial charge in [0.2, 0.25) is 0 Å². The lowest BCUT2D eigenvalue weighted by Gasteiger charge is -2.35. The molecule has 2 aromatic rings. The van der Waals surface area contributed by atoms with E-state index in [0.717, 1.165) is 32.0 Å². The number of piperidine rings is 1. The molecule has 1 N–H and O–H groups in total. The van der Waals surface area contributed by atoms with Gasteiger partial charge in [-0.1, -0.05) is 17.2 Å². The molecule has 1 saturated heterocycles. The highest BCUT2D eigenvalue weighted by Gasteiger charge is 2.34. The molecule has 1 heterocycles. The minimum atomic E-state index is -4.55. The summed E-state index contributed by atoms with van der Waals surface area (Å²) in [5, 5.41) is 6.04. The molecular formula is C23H27F3N6O. The predicted molar refractivity (Wildman–Crippen MR) is 121 cm³/mol. The summed E-state index contributed by atoms with van der Waals surface area (Å²) in [6, 6.07) is 8.87. The van der Waals surface area contributed by atoms with E-state index in [9.17, 15) is 18.0 Å². The Morgan fingerprint density at radius 3 is 2.52 bits per heavy atom.